The fourth-order valence-corrected chi connectivity index (χ4v) is 3.73. The number of aliphatic carboxylic acids is 1. The summed E-state index contributed by atoms with van der Waals surface area (Å²) in [4.78, 5) is 14.2. The Labute approximate surface area is 122 Å². The summed E-state index contributed by atoms with van der Waals surface area (Å²) in [5, 5.41) is 13.0. The average molecular weight is 282 g/mol. The summed E-state index contributed by atoms with van der Waals surface area (Å²) in [7, 11) is 0. The molecule has 2 fully saturated rings. The molecule has 1 aliphatic carbocycles. The van der Waals surface area contributed by atoms with Gasteiger partial charge in [-0.2, -0.15) is 0 Å². The van der Waals surface area contributed by atoms with Gasteiger partial charge in [-0.3, -0.25) is 4.79 Å². The first-order valence-electron chi connectivity index (χ1n) is 8.33. The van der Waals surface area contributed by atoms with Crippen molar-refractivity contribution in [2.45, 2.75) is 57.9 Å². The maximum absolute atomic E-state index is 11.8. The molecule has 0 spiro atoms. The minimum Gasteiger partial charge on any atom is -0.480 e. The van der Waals surface area contributed by atoms with Crippen molar-refractivity contribution in [1.29, 1.82) is 0 Å². The number of hydrogen-bond donors (Lipinski definition) is 2. The summed E-state index contributed by atoms with van der Waals surface area (Å²) in [6, 6.07) is 0. The van der Waals surface area contributed by atoms with Crippen molar-refractivity contribution in [3.8, 4) is 0 Å². The lowest BCUT2D eigenvalue weighted by atomic mass is 9.88. The molecule has 2 aliphatic rings. The van der Waals surface area contributed by atoms with Crippen molar-refractivity contribution in [2.75, 3.05) is 26.2 Å². The Balaban J connectivity index is 1.93. The van der Waals surface area contributed by atoms with E-state index in [4.69, 9.17) is 0 Å². The minimum atomic E-state index is -0.702. The van der Waals surface area contributed by atoms with Gasteiger partial charge in [0.25, 0.3) is 0 Å². The first-order chi connectivity index (χ1) is 9.62. The van der Waals surface area contributed by atoms with E-state index in [9.17, 15) is 9.90 Å². The van der Waals surface area contributed by atoms with Gasteiger partial charge < -0.3 is 15.3 Å². The van der Waals surface area contributed by atoms with Gasteiger partial charge in [-0.05, 0) is 57.2 Å². The molecule has 1 aliphatic heterocycles. The van der Waals surface area contributed by atoms with Crippen molar-refractivity contribution in [3.05, 3.63) is 0 Å². The second-order valence-corrected chi connectivity index (χ2v) is 6.59. The van der Waals surface area contributed by atoms with Crippen LogP contribution in [0.5, 0.6) is 0 Å². The van der Waals surface area contributed by atoms with Gasteiger partial charge in [0.2, 0.25) is 0 Å². The van der Waals surface area contributed by atoms with Crippen LogP contribution in [0.2, 0.25) is 0 Å². The number of likely N-dealkylation sites (tertiary alicyclic amines) is 1. The van der Waals surface area contributed by atoms with E-state index in [0.29, 0.717) is 12.5 Å². The molecule has 0 radical (unpaired) electrons. The average Bonchev–Trinajstić information content (AvgIpc) is 3.25. The van der Waals surface area contributed by atoms with E-state index in [-0.39, 0.29) is 0 Å². The number of carboxylic acids is 1. The highest BCUT2D eigenvalue weighted by atomic mass is 16.4. The molecule has 0 aromatic heterocycles. The monoisotopic (exact) mass is 282 g/mol. The van der Waals surface area contributed by atoms with Gasteiger partial charge >= 0.3 is 5.97 Å². The molecule has 4 nitrogen and oxygen atoms in total. The van der Waals surface area contributed by atoms with E-state index in [1.807, 2.05) is 6.92 Å². The molecular formula is C16H30N2O2. The second kappa shape index (κ2) is 6.90. The third-order valence-corrected chi connectivity index (χ3v) is 5.03. The number of nitrogens with one attached hydrogen (secondary N) is 1. The van der Waals surface area contributed by atoms with Crippen molar-refractivity contribution < 1.29 is 9.90 Å². The Hall–Kier alpha value is -0.610. The summed E-state index contributed by atoms with van der Waals surface area (Å²) in [6.45, 7) is 7.80. The van der Waals surface area contributed by atoms with Gasteiger partial charge in [-0.15, -0.1) is 0 Å². The number of hydrogen-bond acceptors (Lipinski definition) is 3. The van der Waals surface area contributed by atoms with Gasteiger partial charge in [0.1, 0.15) is 5.54 Å². The van der Waals surface area contributed by atoms with E-state index in [2.05, 4.69) is 17.1 Å². The molecule has 2 rings (SSSR count). The Morgan fingerprint density at radius 2 is 1.90 bits per heavy atom. The molecule has 4 heteroatoms. The lowest BCUT2D eigenvalue weighted by molar-refractivity contribution is -0.147. The van der Waals surface area contributed by atoms with Crippen molar-refractivity contribution in [3.63, 3.8) is 0 Å². The van der Waals surface area contributed by atoms with Gasteiger partial charge in [0, 0.05) is 6.54 Å². The fraction of sp³-hybridized carbons (Fsp3) is 0.938. The number of nitrogens with zero attached hydrogens (tertiary/aromatic N) is 1. The van der Waals surface area contributed by atoms with Crippen LogP contribution in [0, 0.1) is 11.8 Å². The second-order valence-electron chi connectivity index (χ2n) is 6.59. The summed E-state index contributed by atoms with van der Waals surface area (Å²) < 4.78 is 0. The molecule has 20 heavy (non-hydrogen) atoms. The number of piperidine rings is 1. The van der Waals surface area contributed by atoms with E-state index < -0.39 is 11.5 Å². The molecule has 0 aromatic carbocycles. The fourth-order valence-electron chi connectivity index (χ4n) is 3.73. The third-order valence-electron chi connectivity index (χ3n) is 5.03. The van der Waals surface area contributed by atoms with Crippen LogP contribution in [0.1, 0.15) is 52.4 Å². The van der Waals surface area contributed by atoms with Gasteiger partial charge in [-0.1, -0.05) is 26.7 Å². The van der Waals surface area contributed by atoms with Crippen LogP contribution < -0.4 is 5.32 Å². The topological polar surface area (TPSA) is 52.6 Å². The largest absolute Gasteiger partial charge is 0.480 e. The molecule has 0 bridgehead atoms. The van der Waals surface area contributed by atoms with Crippen LogP contribution in [-0.2, 0) is 4.79 Å². The molecule has 2 N–H and O–H groups in total. The zero-order valence-electron chi connectivity index (χ0n) is 13.0. The molecule has 1 atom stereocenters. The van der Waals surface area contributed by atoms with Gasteiger partial charge in [0.15, 0.2) is 0 Å². The first kappa shape index (κ1) is 15.8. The highest BCUT2D eigenvalue weighted by Crippen LogP contribution is 2.41. The Kier molecular flexibility index (Phi) is 5.44. The molecule has 116 valence electrons. The standard InChI is InChI=1S/C16H30N2O2/c1-3-5-13-8-10-18(11-9-13)12-16(15(19)20,17-4-2)14-6-7-14/h13-14,17H,3-12H2,1-2H3,(H,19,20). The molecule has 0 aromatic rings. The quantitative estimate of drug-likeness (QED) is 0.717. The minimum absolute atomic E-state index is 0.327. The summed E-state index contributed by atoms with van der Waals surface area (Å²) in [6.07, 6.45) is 7.19. The highest BCUT2D eigenvalue weighted by molar-refractivity contribution is 5.80. The Bertz CT molecular complexity index is 322. The van der Waals surface area contributed by atoms with Crippen LogP contribution in [0.4, 0.5) is 0 Å². The SMILES string of the molecule is CCCC1CCN(CC(NCC)(C(=O)O)C2CC2)CC1. The normalized spacial score (nSPS) is 24.5. The van der Waals surface area contributed by atoms with Crippen LogP contribution in [0.3, 0.4) is 0 Å². The molecule has 1 unspecified atom stereocenters. The van der Waals surface area contributed by atoms with Crippen molar-refractivity contribution in [1.82, 2.24) is 10.2 Å². The predicted octanol–water partition coefficient (Wildman–Crippen LogP) is 2.34. The van der Waals surface area contributed by atoms with E-state index in [0.717, 1.165) is 38.4 Å². The third kappa shape index (κ3) is 3.53. The van der Waals surface area contributed by atoms with Crippen LogP contribution >= 0.6 is 0 Å². The summed E-state index contributed by atoms with van der Waals surface area (Å²) >= 11 is 0. The zero-order chi connectivity index (χ0) is 14.6. The van der Waals surface area contributed by atoms with Crippen molar-refractivity contribution >= 4 is 5.97 Å². The molecule has 0 amide bonds. The summed E-state index contributed by atoms with van der Waals surface area (Å²) in [5.74, 6) is 0.529. The number of likely N-dealkylation sites (N-methyl/N-ethyl adjacent to an activating group) is 1. The van der Waals surface area contributed by atoms with Crippen LogP contribution in [-0.4, -0.2) is 47.7 Å². The van der Waals surface area contributed by atoms with Crippen LogP contribution in [0.15, 0.2) is 0 Å². The van der Waals surface area contributed by atoms with E-state index >= 15 is 0 Å². The number of carbonyl (C=O) groups is 1. The highest BCUT2D eigenvalue weighted by Gasteiger charge is 2.51. The Morgan fingerprint density at radius 3 is 2.35 bits per heavy atom. The maximum atomic E-state index is 11.8. The Morgan fingerprint density at radius 1 is 1.25 bits per heavy atom. The molecule has 1 saturated carbocycles. The lowest BCUT2D eigenvalue weighted by Crippen LogP contribution is -2.61. The maximum Gasteiger partial charge on any atom is 0.325 e. The number of carboxylic acid groups (broad SMARTS) is 1. The molecule has 1 saturated heterocycles. The summed E-state index contributed by atoms with van der Waals surface area (Å²) in [5.41, 5.74) is -0.702. The number of rotatable bonds is 8. The molecule has 1 heterocycles. The zero-order valence-corrected chi connectivity index (χ0v) is 13.0. The first-order valence-corrected chi connectivity index (χ1v) is 8.33. The van der Waals surface area contributed by atoms with Crippen LogP contribution in [0.25, 0.3) is 0 Å². The van der Waals surface area contributed by atoms with Gasteiger partial charge in [0.05, 0.1) is 0 Å². The predicted molar refractivity (Wildman–Crippen MR) is 80.8 cm³/mol. The van der Waals surface area contributed by atoms with Crippen molar-refractivity contribution in [2.24, 2.45) is 11.8 Å². The van der Waals surface area contributed by atoms with E-state index in [1.165, 1.54) is 25.7 Å². The molecular weight excluding hydrogens is 252 g/mol. The lowest BCUT2D eigenvalue weighted by Gasteiger charge is -2.39. The smallest absolute Gasteiger partial charge is 0.325 e. The van der Waals surface area contributed by atoms with Gasteiger partial charge in [-0.25, -0.2) is 0 Å². The van der Waals surface area contributed by atoms with E-state index in [1.54, 1.807) is 0 Å².